The van der Waals surface area contributed by atoms with Gasteiger partial charge in [-0.15, -0.1) is 0 Å². The molecular formula is C22H28F3N3O4. The number of halogens is 3. The number of urea groups is 1. The first-order valence-electron chi connectivity index (χ1n) is 10.7. The van der Waals surface area contributed by atoms with Crippen molar-refractivity contribution in [2.45, 2.75) is 70.9 Å². The van der Waals surface area contributed by atoms with Crippen LogP contribution in [-0.2, 0) is 4.79 Å². The predicted octanol–water partition coefficient (Wildman–Crippen LogP) is 3.84. The number of amides is 4. The number of alkyl halides is 3. The number of imide groups is 1. The van der Waals surface area contributed by atoms with Crippen LogP contribution in [0.2, 0.25) is 0 Å². The molecule has 2 N–H and O–H groups in total. The van der Waals surface area contributed by atoms with Crippen molar-refractivity contribution in [3.8, 4) is 5.75 Å². The Bertz CT molecular complexity index is 887. The Labute approximate surface area is 184 Å². The number of hydrogen-bond donors (Lipinski definition) is 2. The molecule has 7 nitrogen and oxygen atoms in total. The van der Waals surface area contributed by atoms with Gasteiger partial charge in [-0.2, -0.15) is 13.2 Å². The van der Waals surface area contributed by atoms with Gasteiger partial charge >= 0.3 is 12.2 Å². The third-order valence-electron chi connectivity index (χ3n) is 6.26. The standard InChI is InChI=1S/C22H28F3N3O4/c1-12(2)32-16-10-8-15(9-11-16)18(29)26-21(22(23,24)25)19(30)28(20(31)27-21)17-7-5-6-13(3)14(17)4/h8-14,17H,5-7H2,1-4H3,(H,26,29)(H,27,31)/t13-,14+,17+,21+/m0/s1. The molecule has 1 aromatic rings. The van der Waals surface area contributed by atoms with Crippen molar-refractivity contribution in [2.75, 3.05) is 0 Å². The molecule has 1 saturated carbocycles. The molecule has 32 heavy (non-hydrogen) atoms. The van der Waals surface area contributed by atoms with Crippen molar-refractivity contribution in [1.82, 2.24) is 15.5 Å². The van der Waals surface area contributed by atoms with E-state index in [4.69, 9.17) is 4.74 Å². The summed E-state index contributed by atoms with van der Waals surface area (Å²) in [5.74, 6) is -2.21. The zero-order valence-electron chi connectivity index (χ0n) is 18.5. The highest BCUT2D eigenvalue weighted by atomic mass is 19.4. The number of carbonyl (C=O) groups is 3. The Morgan fingerprint density at radius 2 is 1.81 bits per heavy atom. The van der Waals surface area contributed by atoms with Crippen LogP contribution in [0.15, 0.2) is 24.3 Å². The van der Waals surface area contributed by atoms with Crippen molar-refractivity contribution < 1.29 is 32.3 Å². The molecule has 0 bridgehead atoms. The SMILES string of the molecule is CC(C)Oc1ccc(C(=O)N[C@@]2(C(F)(F)F)NC(=O)N([C@@H]3CCC[C@H](C)[C@H]3C)C2=O)cc1. The highest BCUT2D eigenvalue weighted by Crippen LogP contribution is 2.39. The number of benzene rings is 1. The molecular weight excluding hydrogens is 427 g/mol. The van der Waals surface area contributed by atoms with Gasteiger partial charge < -0.3 is 10.1 Å². The van der Waals surface area contributed by atoms with Crippen molar-refractivity contribution >= 4 is 17.8 Å². The normalized spacial score (nSPS) is 28.6. The zero-order chi connectivity index (χ0) is 23.8. The van der Waals surface area contributed by atoms with Crippen LogP contribution in [0.5, 0.6) is 5.75 Å². The van der Waals surface area contributed by atoms with Crippen LogP contribution >= 0.6 is 0 Å². The summed E-state index contributed by atoms with van der Waals surface area (Å²) in [6, 6.07) is 3.66. The summed E-state index contributed by atoms with van der Waals surface area (Å²) in [6.07, 6.45) is -3.37. The lowest BCUT2D eigenvalue weighted by Crippen LogP contribution is -2.69. The predicted molar refractivity (Wildman–Crippen MR) is 110 cm³/mol. The minimum atomic E-state index is -5.24. The van der Waals surface area contributed by atoms with Gasteiger partial charge in [0.2, 0.25) is 0 Å². The summed E-state index contributed by atoms with van der Waals surface area (Å²) < 4.78 is 47.9. The topological polar surface area (TPSA) is 87.7 Å². The second-order valence-corrected chi connectivity index (χ2v) is 8.83. The molecule has 0 aromatic heterocycles. The minimum absolute atomic E-state index is 0.107. The highest BCUT2D eigenvalue weighted by molar-refractivity contribution is 6.10. The number of carbonyl (C=O) groups excluding carboxylic acids is 3. The van der Waals surface area contributed by atoms with Gasteiger partial charge in [-0.05, 0) is 56.4 Å². The van der Waals surface area contributed by atoms with Crippen LogP contribution in [0.25, 0.3) is 0 Å². The number of rotatable bonds is 5. The van der Waals surface area contributed by atoms with E-state index in [1.54, 1.807) is 10.6 Å². The van der Waals surface area contributed by atoms with Crippen LogP contribution in [0.3, 0.4) is 0 Å². The summed E-state index contributed by atoms with van der Waals surface area (Å²) in [5.41, 5.74) is -3.63. The van der Waals surface area contributed by atoms with Crippen molar-refractivity contribution in [3.05, 3.63) is 29.8 Å². The first-order chi connectivity index (χ1) is 14.9. The van der Waals surface area contributed by atoms with Gasteiger partial charge in [0.05, 0.1) is 6.10 Å². The fraction of sp³-hybridized carbons (Fsp3) is 0.591. The summed E-state index contributed by atoms with van der Waals surface area (Å²) in [5, 5.41) is 3.49. The smallest absolute Gasteiger partial charge is 0.440 e. The molecule has 0 spiro atoms. The Morgan fingerprint density at radius 1 is 1.19 bits per heavy atom. The second-order valence-electron chi connectivity index (χ2n) is 8.83. The zero-order valence-corrected chi connectivity index (χ0v) is 18.5. The fourth-order valence-corrected chi connectivity index (χ4v) is 4.31. The van der Waals surface area contributed by atoms with E-state index in [0.717, 1.165) is 6.42 Å². The van der Waals surface area contributed by atoms with E-state index in [0.29, 0.717) is 23.5 Å². The van der Waals surface area contributed by atoms with Crippen LogP contribution in [-0.4, -0.2) is 46.7 Å². The summed E-state index contributed by atoms with van der Waals surface area (Å²) in [7, 11) is 0. The first-order valence-corrected chi connectivity index (χ1v) is 10.7. The van der Waals surface area contributed by atoms with Gasteiger partial charge in [0, 0.05) is 11.6 Å². The molecule has 0 radical (unpaired) electrons. The number of nitrogens with zero attached hydrogens (tertiary/aromatic N) is 1. The Balaban J connectivity index is 1.88. The lowest BCUT2D eigenvalue weighted by molar-refractivity contribution is -0.201. The van der Waals surface area contributed by atoms with Crippen LogP contribution in [0.1, 0.15) is 57.3 Å². The van der Waals surface area contributed by atoms with E-state index in [2.05, 4.69) is 0 Å². The van der Waals surface area contributed by atoms with Crippen molar-refractivity contribution in [2.24, 2.45) is 11.8 Å². The molecule has 1 aromatic carbocycles. The Morgan fingerprint density at radius 3 is 2.38 bits per heavy atom. The van der Waals surface area contributed by atoms with E-state index in [-0.39, 0.29) is 23.5 Å². The highest BCUT2D eigenvalue weighted by Gasteiger charge is 2.69. The van der Waals surface area contributed by atoms with E-state index < -0.39 is 35.7 Å². The Hall–Kier alpha value is -2.78. The summed E-state index contributed by atoms with van der Waals surface area (Å²) >= 11 is 0. The number of ether oxygens (including phenoxy) is 1. The lowest BCUT2D eigenvalue weighted by Gasteiger charge is -2.38. The molecule has 3 rings (SSSR count). The minimum Gasteiger partial charge on any atom is -0.491 e. The van der Waals surface area contributed by atoms with Crippen LogP contribution in [0.4, 0.5) is 18.0 Å². The van der Waals surface area contributed by atoms with Gasteiger partial charge in [-0.3, -0.25) is 19.8 Å². The van der Waals surface area contributed by atoms with E-state index in [1.807, 2.05) is 27.7 Å². The molecule has 2 fully saturated rings. The van der Waals surface area contributed by atoms with Gasteiger partial charge in [0.15, 0.2) is 0 Å². The molecule has 1 aliphatic carbocycles. The van der Waals surface area contributed by atoms with Gasteiger partial charge in [0.1, 0.15) is 5.75 Å². The molecule has 2 aliphatic rings. The van der Waals surface area contributed by atoms with Crippen molar-refractivity contribution in [3.63, 3.8) is 0 Å². The lowest BCUT2D eigenvalue weighted by atomic mass is 9.77. The quantitative estimate of drug-likeness (QED) is 0.661. The third-order valence-corrected chi connectivity index (χ3v) is 6.26. The van der Waals surface area contributed by atoms with E-state index >= 15 is 0 Å². The molecule has 1 aliphatic heterocycles. The first kappa shape index (κ1) is 23.9. The van der Waals surface area contributed by atoms with Gasteiger partial charge in [-0.1, -0.05) is 26.7 Å². The molecule has 10 heteroatoms. The molecule has 1 saturated heterocycles. The average Bonchev–Trinajstić information content (AvgIpc) is 2.95. The van der Waals surface area contributed by atoms with Gasteiger partial charge in [0.25, 0.3) is 17.5 Å². The second kappa shape index (κ2) is 8.63. The maximum atomic E-state index is 14.1. The average molecular weight is 455 g/mol. The number of hydrogen-bond acceptors (Lipinski definition) is 4. The van der Waals surface area contributed by atoms with Gasteiger partial charge in [-0.25, -0.2) is 4.79 Å². The molecule has 1 heterocycles. The van der Waals surface area contributed by atoms with Crippen molar-refractivity contribution in [1.29, 1.82) is 0 Å². The largest absolute Gasteiger partial charge is 0.491 e. The monoisotopic (exact) mass is 455 g/mol. The van der Waals surface area contributed by atoms with E-state index in [9.17, 15) is 27.6 Å². The third kappa shape index (κ3) is 4.27. The Kier molecular flexibility index (Phi) is 6.44. The summed E-state index contributed by atoms with van der Waals surface area (Å²) in [4.78, 5) is 39.0. The fourth-order valence-electron chi connectivity index (χ4n) is 4.31. The molecule has 4 atom stereocenters. The van der Waals surface area contributed by atoms with E-state index in [1.165, 1.54) is 24.3 Å². The maximum absolute atomic E-state index is 14.1. The maximum Gasteiger partial charge on any atom is 0.440 e. The van der Waals surface area contributed by atoms with Crippen LogP contribution < -0.4 is 15.4 Å². The molecule has 176 valence electrons. The molecule has 4 amide bonds. The number of nitrogens with one attached hydrogen (secondary N) is 2. The summed E-state index contributed by atoms with van der Waals surface area (Å²) in [6.45, 7) is 7.38. The van der Waals surface area contributed by atoms with Crippen LogP contribution in [0, 0.1) is 11.8 Å². The molecule has 0 unspecified atom stereocenters.